The third-order valence-electron chi connectivity index (χ3n) is 3.28. The van der Waals surface area contributed by atoms with Crippen molar-refractivity contribution in [2.45, 2.75) is 26.3 Å². The van der Waals surface area contributed by atoms with Crippen LogP contribution < -0.4 is 0 Å². The van der Waals surface area contributed by atoms with Gasteiger partial charge in [-0.1, -0.05) is 0 Å². The molecule has 0 bridgehead atoms. The lowest BCUT2D eigenvalue weighted by Crippen LogP contribution is -2.28. The van der Waals surface area contributed by atoms with Gasteiger partial charge in [0.05, 0.1) is 5.69 Å². The molecule has 94 valence electrons. The molecule has 0 saturated heterocycles. The van der Waals surface area contributed by atoms with E-state index in [9.17, 15) is 0 Å². The molecule has 0 atom stereocenters. The highest BCUT2D eigenvalue weighted by molar-refractivity contribution is 6.20. The van der Waals surface area contributed by atoms with Crippen molar-refractivity contribution in [3.05, 3.63) is 23.5 Å². The number of nitrogens with zero attached hydrogens (tertiary/aromatic N) is 3. The van der Waals surface area contributed by atoms with E-state index in [1.807, 2.05) is 6.20 Å². The minimum absolute atomic E-state index is 0.385. The molecule has 0 fully saturated rings. The number of hydrogen-bond acceptors (Lipinski definition) is 2. The van der Waals surface area contributed by atoms with Gasteiger partial charge in [0.2, 0.25) is 0 Å². The summed E-state index contributed by atoms with van der Waals surface area (Å²) >= 11 is 6.07. The molecule has 0 N–H and O–H groups in total. The molecule has 0 radical (unpaired) electrons. The smallest absolute Gasteiger partial charge is 0.0657 e. The molecule has 0 spiro atoms. The lowest BCUT2D eigenvalue weighted by atomic mass is 9.99. The molecule has 1 aliphatic rings. The van der Waals surface area contributed by atoms with E-state index < -0.39 is 0 Å². The zero-order valence-corrected chi connectivity index (χ0v) is 11.5. The molecule has 0 amide bonds. The van der Waals surface area contributed by atoms with E-state index in [1.54, 1.807) is 0 Å². The number of aromatic nitrogens is 2. The fourth-order valence-electron chi connectivity index (χ4n) is 2.31. The summed E-state index contributed by atoms with van der Waals surface area (Å²) in [4.78, 5) is 2.34. The Morgan fingerprint density at radius 3 is 2.88 bits per heavy atom. The SMILES string of the molecule is CC(C)n1nccc1C1=C(CCl)CCN(C)C1. The molecular weight excluding hydrogens is 234 g/mol. The van der Waals surface area contributed by atoms with Crippen LogP contribution in [0.25, 0.3) is 5.57 Å². The Morgan fingerprint density at radius 2 is 2.24 bits per heavy atom. The first-order valence-electron chi connectivity index (χ1n) is 6.12. The summed E-state index contributed by atoms with van der Waals surface area (Å²) in [6.45, 7) is 6.38. The van der Waals surface area contributed by atoms with E-state index in [1.165, 1.54) is 16.8 Å². The molecule has 4 heteroatoms. The van der Waals surface area contributed by atoms with E-state index in [2.05, 4.69) is 41.6 Å². The lowest BCUT2D eigenvalue weighted by molar-refractivity contribution is 0.365. The van der Waals surface area contributed by atoms with Gasteiger partial charge in [-0.2, -0.15) is 5.10 Å². The van der Waals surface area contributed by atoms with Crippen molar-refractivity contribution in [1.82, 2.24) is 14.7 Å². The molecule has 1 aliphatic heterocycles. The van der Waals surface area contributed by atoms with Crippen LogP contribution in [0.4, 0.5) is 0 Å². The normalized spacial score (nSPS) is 18.2. The fraction of sp³-hybridized carbons (Fsp3) is 0.615. The lowest BCUT2D eigenvalue weighted by Gasteiger charge is -2.28. The van der Waals surface area contributed by atoms with Crippen molar-refractivity contribution in [3.8, 4) is 0 Å². The molecule has 1 aromatic heterocycles. The second-order valence-electron chi connectivity index (χ2n) is 4.96. The summed E-state index contributed by atoms with van der Waals surface area (Å²) in [7, 11) is 2.15. The van der Waals surface area contributed by atoms with Crippen LogP contribution in [-0.2, 0) is 0 Å². The average Bonchev–Trinajstić information content (AvgIpc) is 2.77. The average molecular weight is 254 g/mol. The first-order chi connectivity index (χ1) is 8.13. The summed E-state index contributed by atoms with van der Waals surface area (Å²) in [6.07, 6.45) is 2.95. The van der Waals surface area contributed by atoms with Crippen molar-refractivity contribution >= 4 is 17.2 Å². The van der Waals surface area contributed by atoms with Crippen LogP contribution in [0.3, 0.4) is 0 Å². The maximum Gasteiger partial charge on any atom is 0.0657 e. The van der Waals surface area contributed by atoms with Crippen LogP contribution in [0.2, 0.25) is 0 Å². The number of alkyl halides is 1. The van der Waals surface area contributed by atoms with E-state index >= 15 is 0 Å². The van der Waals surface area contributed by atoms with Crippen LogP contribution in [0.15, 0.2) is 17.8 Å². The van der Waals surface area contributed by atoms with E-state index in [4.69, 9.17) is 11.6 Å². The summed E-state index contributed by atoms with van der Waals surface area (Å²) in [6, 6.07) is 2.48. The highest BCUT2D eigenvalue weighted by Crippen LogP contribution is 2.28. The van der Waals surface area contributed by atoms with Crippen LogP contribution in [0.5, 0.6) is 0 Å². The maximum absolute atomic E-state index is 6.07. The van der Waals surface area contributed by atoms with Crippen molar-refractivity contribution in [3.63, 3.8) is 0 Å². The number of rotatable bonds is 3. The van der Waals surface area contributed by atoms with Crippen molar-refractivity contribution in [2.24, 2.45) is 0 Å². The Hall–Kier alpha value is -0.800. The quantitative estimate of drug-likeness (QED) is 0.773. The second kappa shape index (κ2) is 5.23. The molecule has 0 aromatic carbocycles. The number of likely N-dealkylation sites (N-methyl/N-ethyl adjacent to an activating group) is 1. The first kappa shape index (κ1) is 12.7. The minimum atomic E-state index is 0.385. The zero-order valence-electron chi connectivity index (χ0n) is 10.8. The van der Waals surface area contributed by atoms with Crippen LogP contribution in [0, 0.1) is 0 Å². The molecule has 0 aliphatic carbocycles. The number of halogens is 1. The molecule has 0 saturated carbocycles. The van der Waals surface area contributed by atoms with Gasteiger partial charge in [0.15, 0.2) is 0 Å². The van der Waals surface area contributed by atoms with Crippen molar-refractivity contribution in [2.75, 3.05) is 26.0 Å². The first-order valence-corrected chi connectivity index (χ1v) is 6.66. The maximum atomic E-state index is 6.07. The van der Waals surface area contributed by atoms with Crippen molar-refractivity contribution in [1.29, 1.82) is 0 Å². The van der Waals surface area contributed by atoms with Gasteiger partial charge >= 0.3 is 0 Å². The van der Waals surface area contributed by atoms with E-state index in [0.29, 0.717) is 11.9 Å². The molecule has 17 heavy (non-hydrogen) atoms. The summed E-state index contributed by atoms with van der Waals surface area (Å²) in [5, 5.41) is 4.41. The Balaban J connectivity index is 2.42. The highest BCUT2D eigenvalue weighted by atomic mass is 35.5. The Labute approximate surface area is 108 Å². The largest absolute Gasteiger partial charge is 0.302 e. The third kappa shape index (κ3) is 2.55. The van der Waals surface area contributed by atoms with Gasteiger partial charge < -0.3 is 4.90 Å². The van der Waals surface area contributed by atoms with Gasteiger partial charge in [-0.3, -0.25) is 4.68 Å². The van der Waals surface area contributed by atoms with Gasteiger partial charge in [-0.15, -0.1) is 11.6 Å². The summed E-state index contributed by atoms with van der Waals surface area (Å²) in [5.41, 5.74) is 3.95. The molecule has 1 aromatic rings. The molecule has 2 rings (SSSR count). The topological polar surface area (TPSA) is 21.1 Å². The Morgan fingerprint density at radius 1 is 1.47 bits per heavy atom. The Bertz CT molecular complexity index is 420. The highest BCUT2D eigenvalue weighted by Gasteiger charge is 2.20. The molecule has 3 nitrogen and oxygen atoms in total. The van der Waals surface area contributed by atoms with Gasteiger partial charge in [-0.05, 0) is 44.5 Å². The van der Waals surface area contributed by atoms with E-state index in [-0.39, 0.29) is 0 Å². The molecular formula is C13H20ClN3. The number of hydrogen-bond donors (Lipinski definition) is 0. The third-order valence-corrected chi connectivity index (χ3v) is 3.60. The fourth-order valence-corrected chi connectivity index (χ4v) is 2.61. The predicted molar refractivity (Wildman–Crippen MR) is 72.4 cm³/mol. The van der Waals surface area contributed by atoms with E-state index in [0.717, 1.165) is 19.5 Å². The molecule has 0 unspecified atom stereocenters. The molecule has 2 heterocycles. The van der Waals surface area contributed by atoms with Gasteiger partial charge in [0.1, 0.15) is 0 Å². The zero-order chi connectivity index (χ0) is 12.4. The monoisotopic (exact) mass is 253 g/mol. The summed E-state index contributed by atoms with van der Waals surface area (Å²) in [5.74, 6) is 0.631. The van der Waals surface area contributed by atoms with Gasteiger partial charge in [0.25, 0.3) is 0 Å². The van der Waals surface area contributed by atoms with Gasteiger partial charge in [-0.25, -0.2) is 0 Å². The summed E-state index contributed by atoms with van der Waals surface area (Å²) < 4.78 is 2.08. The van der Waals surface area contributed by atoms with Crippen LogP contribution in [-0.4, -0.2) is 40.7 Å². The van der Waals surface area contributed by atoms with Gasteiger partial charge in [0, 0.05) is 31.2 Å². The van der Waals surface area contributed by atoms with Crippen LogP contribution in [0.1, 0.15) is 32.0 Å². The second-order valence-corrected chi connectivity index (χ2v) is 5.23. The van der Waals surface area contributed by atoms with Crippen LogP contribution >= 0.6 is 11.6 Å². The minimum Gasteiger partial charge on any atom is -0.302 e. The van der Waals surface area contributed by atoms with Crippen molar-refractivity contribution < 1.29 is 0 Å². The standard InChI is InChI=1S/C13H20ClN3/c1-10(2)17-13(4-6-15-17)12-9-16(3)7-5-11(12)8-14/h4,6,10H,5,7-9H2,1-3H3. The Kier molecular flexibility index (Phi) is 3.89. The predicted octanol–water partition coefficient (Wildman–Crippen LogP) is 2.79.